The number of benzene rings is 2. The van der Waals surface area contributed by atoms with Gasteiger partial charge in [0.1, 0.15) is 5.84 Å². The highest BCUT2D eigenvalue weighted by atomic mass is 16.5. The Morgan fingerprint density at radius 2 is 1.67 bits per heavy atom. The molecule has 2 rings (SSSR count). The zero-order chi connectivity index (χ0) is 15.5. The number of nitrogens with one attached hydrogen (secondary N) is 1. The summed E-state index contributed by atoms with van der Waals surface area (Å²) >= 11 is 0. The van der Waals surface area contributed by atoms with Crippen LogP contribution in [-0.4, -0.2) is 11.4 Å². The molecule has 0 radical (unpaired) electrons. The molecule has 0 aliphatic carbocycles. The number of nitrogens with two attached hydrogens (primary N) is 1. The van der Waals surface area contributed by atoms with Gasteiger partial charge in [-0.05, 0) is 37.5 Å². The summed E-state index contributed by atoms with van der Waals surface area (Å²) in [5.41, 5.74) is 9.43. The van der Waals surface area contributed by atoms with Crippen molar-refractivity contribution < 1.29 is 4.74 Å². The predicted molar refractivity (Wildman–Crippen MR) is 87.4 cm³/mol. The molecular formula is C18H22N2O. The molecule has 0 unspecified atom stereocenters. The molecule has 2 aromatic carbocycles. The monoisotopic (exact) mass is 282 g/mol. The topological polar surface area (TPSA) is 59.1 Å². The predicted octanol–water partition coefficient (Wildman–Crippen LogP) is 3.95. The third kappa shape index (κ3) is 4.17. The van der Waals surface area contributed by atoms with Crippen LogP contribution in [0.15, 0.2) is 48.5 Å². The van der Waals surface area contributed by atoms with E-state index in [4.69, 9.17) is 15.9 Å². The van der Waals surface area contributed by atoms with E-state index in [0.717, 1.165) is 22.3 Å². The molecule has 3 heteroatoms. The first-order chi connectivity index (χ1) is 9.87. The summed E-state index contributed by atoms with van der Waals surface area (Å²) in [5.74, 6) is 0.0887. The van der Waals surface area contributed by atoms with Crippen molar-refractivity contribution in [3.63, 3.8) is 0 Å². The van der Waals surface area contributed by atoms with Gasteiger partial charge in [0.25, 0.3) is 0 Å². The third-order valence-electron chi connectivity index (χ3n) is 3.15. The van der Waals surface area contributed by atoms with Crippen LogP contribution in [0.2, 0.25) is 0 Å². The molecule has 0 spiro atoms. The average molecular weight is 282 g/mol. The standard InChI is InChI=1S/C18H22N2O/c1-18(2,3)21-12-13-8-10-14(11-9-13)15-6-4-5-7-16(15)17(19)20/h4-11H,12H2,1-3H3,(H3,19,20). The van der Waals surface area contributed by atoms with Gasteiger partial charge >= 0.3 is 0 Å². The molecule has 0 fully saturated rings. The second-order valence-corrected chi connectivity index (χ2v) is 6.06. The van der Waals surface area contributed by atoms with Gasteiger partial charge in [0, 0.05) is 5.56 Å². The van der Waals surface area contributed by atoms with Gasteiger partial charge in [0.2, 0.25) is 0 Å². The lowest BCUT2D eigenvalue weighted by Gasteiger charge is -2.19. The van der Waals surface area contributed by atoms with Gasteiger partial charge in [-0.3, -0.25) is 5.41 Å². The molecular weight excluding hydrogens is 260 g/mol. The maximum absolute atomic E-state index is 7.66. The lowest BCUT2D eigenvalue weighted by molar-refractivity contribution is -0.0149. The summed E-state index contributed by atoms with van der Waals surface area (Å²) in [6.07, 6.45) is 0. The molecule has 0 amide bonds. The van der Waals surface area contributed by atoms with Crippen LogP contribution in [0.1, 0.15) is 31.9 Å². The van der Waals surface area contributed by atoms with Crippen LogP contribution >= 0.6 is 0 Å². The van der Waals surface area contributed by atoms with Gasteiger partial charge < -0.3 is 10.5 Å². The molecule has 21 heavy (non-hydrogen) atoms. The quantitative estimate of drug-likeness (QED) is 0.659. The molecule has 3 N–H and O–H groups in total. The van der Waals surface area contributed by atoms with Crippen molar-refractivity contribution in [3.05, 3.63) is 59.7 Å². The Morgan fingerprint density at radius 3 is 2.24 bits per heavy atom. The smallest absolute Gasteiger partial charge is 0.123 e. The van der Waals surface area contributed by atoms with Crippen molar-refractivity contribution in [2.45, 2.75) is 33.0 Å². The highest BCUT2D eigenvalue weighted by Crippen LogP contribution is 2.24. The van der Waals surface area contributed by atoms with Crippen molar-refractivity contribution in [2.75, 3.05) is 0 Å². The summed E-state index contributed by atoms with van der Waals surface area (Å²) in [6, 6.07) is 15.9. The number of hydrogen-bond donors (Lipinski definition) is 2. The van der Waals surface area contributed by atoms with Gasteiger partial charge in [-0.15, -0.1) is 0 Å². The second-order valence-electron chi connectivity index (χ2n) is 6.06. The number of rotatable bonds is 4. The average Bonchev–Trinajstić information content (AvgIpc) is 2.45. The van der Waals surface area contributed by atoms with Gasteiger partial charge in [0.05, 0.1) is 12.2 Å². The number of ether oxygens (including phenoxy) is 1. The molecule has 0 saturated carbocycles. The molecule has 0 saturated heterocycles. The number of nitrogen functional groups attached to an aromatic ring is 1. The Labute approximate surface area is 126 Å². The highest BCUT2D eigenvalue weighted by molar-refractivity contribution is 6.01. The lowest BCUT2D eigenvalue weighted by atomic mass is 9.98. The highest BCUT2D eigenvalue weighted by Gasteiger charge is 2.10. The summed E-state index contributed by atoms with van der Waals surface area (Å²) in [5, 5.41) is 7.66. The lowest BCUT2D eigenvalue weighted by Crippen LogP contribution is -2.18. The fourth-order valence-corrected chi connectivity index (χ4v) is 2.05. The van der Waals surface area contributed by atoms with Crippen molar-refractivity contribution in [1.29, 1.82) is 5.41 Å². The summed E-state index contributed by atoms with van der Waals surface area (Å²) < 4.78 is 5.77. The molecule has 0 aromatic heterocycles. The Morgan fingerprint density at radius 1 is 1.05 bits per heavy atom. The second kappa shape index (κ2) is 6.10. The Hall–Kier alpha value is -2.13. The molecule has 2 aromatic rings. The molecule has 0 bridgehead atoms. The summed E-state index contributed by atoms with van der Waals surface area (Å²) in [6.45, 7) is 6.73. The van der Waals surface area contributed by atoms with Crippen LogP contribution in [0.3, 0.4) is 0 Å². The molecule has 0 heterocycles. The Bertz CT molecular complexity index is 624. The first-order valence-corrected chi connectivity index (χ1v) is 7.03. The van der Waals surface area contributed by atoms with E-state index < -0.39 is 0 Å². The maximum Gasteiger partial charge on any atom is 0.123 e. The van der Waals surface area contributed by atoms with Crippen LogP contribution < -0.4 is 5.73 Å². The van der Waals surface area contributed by atoms with E-state index >= 15 is 0 Å². The molecule has 3 nitrogen and oxygen atoms in total. The Balaban J connectivity index is 2.22. The first-order valence-electron chi connectivity index (χ1n) is 7.03. The van der Waals surface area contributed by atoms with Crippen molar-refractivity contribution in [1.82, 2.24) is 0 Å². The van der Waals surface area contributed by atoms with Crippen molar-refractivity contribution >= 4 is 5.84 Å². The largest absolute Gasteiger partial charge is 0.384 e. The van der Waals surface area contributed by atoms with Crippen molar-refractivity contribution in [2.24, 2.45) is 5.73 Å². The van der Waals surface area contributed by atoms with Crippen LogP contribution in [0.4, 0.5) is 0 Å². The van der Waals surface area contributed by atoms with Gasteiger partial charge in [-0.2, -0.15) is 0 Å². The van der Waals surface area contributed by atoms with E-state index in [1.807, 2.05) is 57.2 Å². The summed E-state index contributed by atoms with van der Waals surface area (Å²) in [4.78, 5) is 0. The minimum Gasteiger partial charge on any atom is -0.384 e. The number of amidine groups is 1. The van der Waals surface area contributed by atoms with E-state index in [9.17, 15) is 0 Å². The van der Waals surface area contributed by atoms with Crippen molar-refractivity contribution in [3.8, 4) is 11.1 Å². The van der Waals surface area contributed by atoms with E-state index in [0.29, 0.717) is 6.61 Å². The molecule has 0 aliphatic rings. The van der Waals surface area contributed by atoms with E-state index in [2.05, 4.69) is 12.1 Å². The maximum atomic E-state index is 7.66. The minimum absolute atomic E-state index is 0.0887. The molecule has 0 atom stereocenters. The van der Waals surface area contributed by atoms with Crippen LogP contribution in [0, 0.1) is 5.41 Å². The fraction of sp³-hybridized carbons (Fsp3) is 0.278. The van der Waals surface area contributed by atoms with E-state index in [1.54, 1.807) is 0 Å². The SMILES string of the molecule is CC(C)(C)OCc1ccc(-c2ccccc2C(=N)N)cc1. The minimum atomic E-state index is -0.139. The molecule has 0 aliphatic heterocycles. The number of hydrogen-bond acceptors (Lipinski definition) is 2. The van der Waals surface area contributed by atoms with Gasteiger partial charge in [-0.25, -0.2) is 0 Å². The third-order valence-corrected chi connectivity index (χ3v) is 3.15. The zero-order valence-electron chi connectivity index (χ0n) is 12.8. The Kier molecular flexibility index (Phi) is 4.43. The van der Waals surface area contributed by atoms with Crippen LogP contribution in [0.25, 0.3) is 11.1 Å². The zero-order valence-corrected chi connectivity index (χ0v) is 12.8. The van der Waals surface area contributed by atoms with Crippen LogP contribution in [0.5, 0.6) is 0 Å². The first kappa shape index (κ1) is 15.3. The fourth-order valence-electron chi connectivity index (χ4n) is 2.05. The molecule has 110 valence electrons. The summed E-state index contributed by atoms with van der Waals surface area (Å²) in [7, 11) is 0. The van der Waals surface area contributed by atoms with Crippen LogP contribution in [-0.2, 0) is 11.3 Å². The van der Waals surface area contributed by atoms with Gasteiger partial charge in [0.15, 0.2) is 0 Å². The normalized spacial score (nSPS) is 11.4. The van der Waals surface area contributed by atoms with Gasteiger partial charge in [-0.1, -0.05) is 48.5 Å². The van der Waals surface area contributed by atoms with E-state index in [-0.39, 0.29) is 11.4 Å². The van der Waals surface area contributed by atoms with E-state index in [1.165, 1.54) is 0 Å².